The quantitative estimate of drug-likeness (QED) is 0.0943. The Kier molecular flexibility index (Phi) is 18.2. The second kappa shape index (κ2) is 23.9. The summed E-state index contributed by atoms with van der Waals surface area (Å²) in [5.74, 6) is -0.722. The predicted octanol–water partition coefficient (Wildman–Crippen LogP) is 1.68. The maximum atomic E-state index is 14.1. The normalized spacial score (nSPS) is 14.1. The zero-order chi connectivity index (χ0) is 47.9. The number of methoxy groups -OCH3 is 6. The number of benzene rings is 3. The third-order valence-corrected chi connectivity index (χ3v) is 11.8. The molecule has 20 nitrogen and oxygen atoms in total. The Morgan fingerprint density at radius 3 is 0.970 bits per heavy atom. The molecule has 2 aliphatic rings. The Bertz CT molecular complexity index is 2090. The molecule has 0 radical (unpaired) electrons. The fourth-order valence-electron chi connectivity index (χ4n) is 7.99. The molecule has 2 aliphatic heterocycles. The summed E-state index contributed by atoms with van der Waals surface area (Å²) in [6, 6.07) is 8.92. The van der Waals surface area contributed by atoms with Crippen LogP contribution in [0.3, 0.4) is 0 Å². The molecule has 66 heavy (non-hydrogen) atoms. The smallest absolute Gasteiger partial charge is 0.257 e. The van der Waals surface area contributed by atoms with Crippen molar-refractivity contribution < 1.29 is 57.2 Å². The molecular formula is C46H62N8O12. The second-order valence-electron chi connectivity index (χ2n) is 15.7. The molecule has 0 spiro atoms. The molecule has 0 aliphatic carbocycles. The van der Waals surface area contributed by atoms with E-state index in [2.05, 4.69) is 21.3 Å². The maximum Gasteiger partial charge on any atom is 0.257 e. The van der Waals surface area contributed by atoms with Crippen molar-refractivity contribution >= 4 is 35.4 Å². The highest BCUT2D eigenvalue weighted by molar-refractivity contribution is 6.05. The second-order valence-corrected chi connectivity index (χ2v) is 15.7. The number of hydrogen-bond acceptors (Lipinski definition) is 14. The topological polar surface area (TPSA) is 264 Å². The third kappa shape index (κ3) is 11.9. The lowest BCUT2D eigenvalue weighted by molar-refractivity contribution is 0.0675. The number of carbonyl (C=O) groups excluding carboxylic acids is 6. The molecule has 3 aromatic carbocycles. The largest absolute Gasteiger partial charge is 0.496 e. The Hall–Kier alpha value is -6.80. The summed E-state index contributed by atoms with van der Waals surface area (Å²) >= 11 is 0. The number of nitrogens with zero attached hydrogens (tertiary/aromatic N) is 2. The first-order valence-electron chi connectivity index (χ1n) is 21.8. The van der Waals surface area contributed by atoms with E-state index in [1.165, 1.54) is 73.0 Å². The number of rotatable bonds is 20. The standard InChI is InChI=1S/C46H62N8O12/c1-61-35-22-37(63-3)31(19-29(35)41(55)49-13-11-47)43(57)51-25-27-7-15-53(16-8-27)45(59)33-21-34(40(66-6)24-39(33)65-5)46(60)54-17-9-28(10-18-54)26-52-44(58)32-20-30(42(56)50-14-12-48)36(62-2)23-38(32)64-4/h19-24,27-28H,7-18,25-26,47-48H2,1-6H3,(H,49,55)(H,50,56)(H,51,57)(H,52,58). The lowest BCUT2D eigenvalue weighted by atomic mass is 9.95. The van der Waals surface area contributed by atoms with Gasteiger partial charge >= 0.3 is 0 Å². The molecule has 3 aromatic rings. The molecule has 2 fully saturated rings. The minimum Gasteiger partial charge on any atom is -0.496 e. The first kappa shape index (κ1) is 50.2. The SMILES string of the molecule is COc1cc(OC)c(C(=O)NCC2CCN(C(=O)c3cc(C(=O)N4CCC(CNC(=O)c5cc(C(=O)NCCN)c(OC)cc5OC)CC4)c(OC)cc3OC)CC2)cc1C(=O)NCCN. The monoisotopic (exact) mass is 918 g/mol. The van der Waals surface area contributed by atoms with E-state index in [1.54, 1.807) is 15.9 Å². The third-order valence-electron chi connectivity index (χ3n) is 11.8. The number of amides is 6. The average Bonchev–Trinajstić information content (AvgIpc) is 3.36. The molecule has 0 bridgehead atoms. The van der Waals surface area contributed by atoms with Crippen LogP contribution in [0, 0.1) is 11.8 Å². The van der Waals surface area contributed by atoms with E-state index in [0.29, 0.717) is 65.0 Å². The molecule has 6 amide bonds. The molecule has 8 N–H and O–H groups in total. The molecule has 20 heteroatoms. The zero-order valence-electron chi connectivity index (χ0n) is 38.5. The van der Waals surface area contributed by atoms with Gasteiger partial charge in [-0.05, 0) is 55.7 Å². The fraction of sp³-hybridized carbons (Fsp3) is 0.478. The van der Waals surface area contributed by atoms with Crippen LogP contribution in [0.5, 0.6) is 34.5 Å². The first-order valence-corrected chi connectivity index (χ1v) is 21.8. The summed E-state index contributed by atoms with van der Waals surface area (Å²) in [5.41, 5.74) is 12.2. The van der Waals surface area contributed by atoms with Crippen LogP contribution in [-0.4, -0.2) is 153 Å². The van der Waals surface area contributed by atoms with Gasteiger partial charge in [0, 0.05) is 83.6 Å². The Balaban J connectivity index is 1.18. The van der Waals surface area contributed by atoms with E-state index in [1.807, 2.05) is 0 Å². The van der Waals surface area contributed by atoms with Crippen molar-refractivity contribution in [1.29, 1.82) is 0 Å². The molecule has 0 unspecified atom stereocenters. The minimum atomic E-state index is -0.437. The molecule has 0 saturated carbocycles. The summed E-state index contributed by atoms with van der Waals surface area (Å²) < 4.78 is 32.8. The van der Waals surface area contributed by atoms with Gasteiger partial charge < -0.3 is 71.0 Å². The maximum absolute atomic E-state index is 14.1. The Morgan fingerprint density at radius 1 is 0.439 bits per heavy atom. The van der Waals surface area contributed by atoms with Crippen LogP contribution >= 0.6 is 0 Å². The number of nitrogens with one attached hydrogen (secondary N) is 4. The Labute approximate surface area is 384 Å². The minimum absolute atomic E-state index is 0.0543. The summed E-state index contributed by atoms with van der Waals surface area (Å²) in [5, 5.41) is 11.3. The van der Waals surface area contributed by atoms with Gasteiger partial charge in [-0.2, -0.15) is 0 Å². The summed E-state index contributed by atoms with van der Waals surface area (Å²) in [4.78, 5) is 83.9. The number of nitrogens with two attached hydrogens (primary N) is 2. The highest BCUT2D eigenvalue weighted by Gasteiger charge is 2.32. The lowest BCUT2D eigenvalue weighted by Gasteiger charge is -2.33. The van der Waals surface area contributed by atoms with Crippen molar-refractivity contribution in [2.75, 3.05) is 108 Å². The van der Waals surface area contributed by atoms with Gasteiger partial charge in [0.15, 0.2) is 0 Å². The van der Waals surface area contributed by atoms with Crippen molar-refractivity contribution in [2.45, 2.75) is 25.7 Å². The molecule has 2 saturated heterocycles. The van der Waals surface area contributed by atoms with Gasteiger partial charge in [0.1, 0.15) is 34.5 Å². The number of hydrogen-bond donors (Lipinski definition) is 6. The van der Waals surface area contributed by atoms with E-state index in [9.17, 15) is 28.8 Å². The van der Waals surface area contributed by atoms with Gasteiger partial charge in [-0.25, -0.2) is 0 Å². The van der Waals surface area contributed by atoms with Crippen LogP contribution in [0.2, 0.25) is 0 Å². The van der Waals surface area contributed by atoms with Crippen LogP contribution in [0.1, 0.15) is 87.8 Å². The van der Waals surface area contributed by atoms with Gasteiger partial charge in [-0.1, -0.05) is 0 Å². The molecule has 5 rings (SSSR count). The highest BCUT2D eigenvalue weighted by atomic mass is 16.5. The van der Waals surface area contributed by atoms with Gasteiger partial charge in [0.25, 0.3) is 35.4 Å². The predicted molar refractivity (Wildman–Crippen MR) is 243 cm³/mol. The highest BCUT2D eigenvalue weighted by Crippen LogP contribution is 2.34. The first-order chi connectivity index (χ1) is 31.9. The molecule has 358 valence electrons. The molecule has 0 atom stereocenters. The summed E-state index contributed by atoms with van der Waals surface area (Å²) in [6.45, 7) is 3.24. The van der Waals surface area contributed by atoms with Crippen molar-refractivity contribution in [2.24, 2.45) is 23.3 Å². The van der Waals surface area contributed by atoms with Crippen molar-refractivity contribution in [1.82, 2.24) is 31.1 Å². The van der Waals surface area contributed by atoms with Gasteiger partial charge in [0.2, 0.25) is 0 Å². The van der Waals surface area contributed by atoms with Crippen LogP contribution in [0.15, 0.2) is 36.4 Å². The zero-order valence-corrected chi connectivity index (χ0v) is 38.5. The number of ether oxygens (including phenoxy) is 6. The van der Waals surface area contributed by atoms with Crippen molar-refractivity contribution in [3.05, 3.63) is 69.8 Å². The average molecular weight is 919 g/mol. The van der Waals surface area contributed by atoms with Gasteiger partial charge in [-0.15, -0.1) is 0 Å². The number of likely N-dealkylation sites (tertiary alicyclic amines) is 2. The van der Waals surface area contributed by atoms with Crippen LogP contribution < -0.4 is 61.2 Å². The van der Waals surface area contributed by atoms with E-state index in [4.69, 9.17) is 39.9 Å². The lowest BCUT2D eigenvalue weighted by Crippen LogP contribution is -2.42. The van der Waals surface area contributed by atoms with E-state index in [-0.39, 0.29) is 118 Å². The van der Waals surface area contributed by atoms with Crippen LogP contribution in [-0.2, 0) is 0 Å². The van der Waals surface area contributed by atoms with E-state index < -0.39 is 23.6 Å². The van der Waals surface area contributed by atoms with Gasteiger partial charge in [-0.3, -0.25) is 28.8 Å². The molecular weight excluding hydrogens is 857 g/mol. The summed E-state index contributed by atoms with van der Waals surface area (Å²) in [6.07, 6.45) is 2.39. The van der Waals surface area contributed by atoms with Gasteiger partial charge in [0.05, 0.1) is 76.0 Å². The van der Waals surface area contributed by atoms with Crippen molar-refractivity contribution in [3.8, 4) is 34.5 Å². The van der Waals surface area contributed by atoms with E-state index in [0.717, 1.165) is 0 Å². The summed E-state index contributed by atoms with van der Waals surface area (Å²) in [7, 11) is 8.58. The van der Waals surface area contributed by atoms with E-state index >= 15 is 0 Å². The molecule has 0 aromatic heterocycles. The molecule has 2 heterocycles. The van der Waals surface area contributed by atoms with Crippen LogP contribution in [0.4, 0.5) is 0 Å². The number of piperidine rings is 2. The number of carbonyl (C=O) groups is 6. The van der Waals surface area contributed by atoms with Crippen molar-refractivity contribution in [3.63, 3.8) is 0 Å². The Morgan fingerprint density at radius 2 is 0.697 bits per heavy atom. The van der Waals surface area contributed by atoms with Crippen LogP contribution in [0.25, 0.3) is 0 Å². The fourth-order valence-corrected chi connectivity index (χ4v) is 7.99.